The van der Waals surface area contributed by atoms with Gasteiger partial charge in [0, 0.05) is 37.4 Å². The molecule has 8 heteroatoms. The fourth-order valence-corrected chi connectivity index (χ4v) is 6.72. The van der Waals surface area contributed by atoms with Crippen molar-refractivity contribution < 1.29 is 13.3 Å². The van der Waals surface area contributed by atoms with Crippen LogP contribution in [0.4, 0.5) is 11.4 Å². The summed E-state index contributed by atoms with van der Waals surface area (Å²) in [6, 6.07) is 11.7. The summed E-state index contributed by atoms with van der Waals surface area (Å²) in [4.78, 5) is 13.0. The lowest BCUT2D eigenvalue weighted by molar-refractivity contribution is -0.387. The van der Waals surface area contributed by atoms with Crippen LogP contribution in [-0.4, -0.2) is 36.8 Å². The highest BCUT2D eigenvalue weighted by Gasteiger charge is 2.37. The Balaban J connectivity index is 1.71. The van der Waals surface area contributed by atoms with E-state index in [1.54, 1.807) is 6.07 Å². The zero-order valence-electron chi connectivity index (χ0n) is 17.9. The molecule has 166 valence electrons. The number of benzene rings is 2. The molecule has 1 aliphatic heterocycles. The number of fused-ring (bicyclic) bond motifs is 1. The lowest BCUT2D eigenvalue weighted by Crippen LogP contribution is -2.38. The van der Waals surface area contributed by atoms with Crippen molar-refractivity contribution in [1.82, 2.24) is 4.31 Å². The lowest BCUT2D eigenvalue weighted by atomic mass is 9.99. The minimum absolute atomic E-state index is 0.131. The number of rotatable bonds is 7. The SMILES string of the molecule is CCN1CCCc2cc(CN(C3CCCC3)S(=O)(=O)c3ccccc3[N+](=O)[O-])ccc21. The average Bonchev–Trinajstić information content (AvgIpc) is 3.31. The summed E-state index contributed by atoms with van der Waals surface area (Å²) in [5, 5.41) is 11.5. The van der Waals surface area contributed by atoms with Crippen molar-refractivity contribution in [2.24, 2.45) is 0 Å². The minimum atomic E-state index is -4.01. The Bertz CT molecular complexity index is 1060. The highest BCUT2D eigenvalue weighted by atomic mass is 32.2. The van der Waals surface area contributed by atoms with E-state index >= 15 is 0 Å². The largest absolute Gasteiger partial charge is 0.372 e. The van der Waals surface area contributed by atoms with E-state index in [0.717, 1.165) is 57.2 Å². The second-order valence-corrected chi connectivity index (χ2v) is 10.2. The number of sulfonamides is 1. The van der Waals surface area contributed by atoms with Crippen LogP contribution in [0, 0.1) is 10.1 Å². The first-order valence-electron chi connectivity index (χ1n) is 11.0. The molecular formula is C23H29N3O4S. The van der Waals surface area contributed by atoms with Crippen molar-refractivity contribution in [1.29, 1.82) is 0 Å². The second-order valence-electron chi connectivity index (χ2n) is 8.36. The molecule has 2 aromatic carbocycles. The van der Waals surface area contributed by atoms with E-state index in [-0.39, 0.29) is 23.2 Å². The molecule has 0 atom stereocenters. The first kappa shape index (κ1) is 21.8. The molecule has 4 rings (SSSR count). The van der Waals surface area contributed by atoms with Gasteiger partial charge in [0.15, 0.2) is 4.90 Å². The van der Waals surface area contributed by atoms with E-state index in [2.05, 4.69) is 24.0 Å². The van der Waals surface area contributed by atoms with E-state index in [0.29, 0.717) is 0 Å². The van der Waals surface area contributed by atoms with Crippen LogP contribution in [0.5, 0.6) is 0 Å². The molecule has 0 N–H and O–H groups in total. The molecule has 1 fully saturated rings. The molecule has 7 nitrogen and oxygen atoms in total. The highest BCUT2D eigenvalue weighted by Crippen LogP contribution is 2.35. The molecule has 0 amide bonds. The Hall–Kier alpha value is -2.45. The maximum Gasteiger partial charge on any atom is 0.289 e. The summed E-state index contributed by atoms with van der Waals surface area (Å²) in [6.07, 6.45) is 5.60. The van der Waals surface area contributed by atoms with Gasteiger partial charge >= 0.3 is 0 Å². The molecule has 2 aliphatic rings. The maximum atomic E-state index is 13.6. The van der Waals surface area contributed by atoms with E-state index in [1.165, 1.54) is 33.8 Å². The van der Waals surface area contributed by atoms with Crippen LogP contribution < -0.4 is 4.90 Å². The van der Waals surface area contributed by atoms with Crippen molar-refractivity contribution in [3.05, 3.63) is 63.7 Å². The quantitative estimate of drug-likeness (QED) is 0.465. The topological polar surface area (TPSA) is 83.8 Å². The van der Waals surface area contributed by atoms with Crippen molar-refractivity contribution in [3.63, 3.8) is 0 Å². The van der Waals surface area contributed by atoms with E-state index in [1.807, 2.05) is 6.07 Å². The van der Waals surface area contributed by atoms with Gasteiger partial charge in [0.2, 0.25) is 10.0 Å². The summed E-state index contributed by atoms with van der Waals surface area (Å²) < 4.78 is 28.8. The van der Waals surface area contributed by atoms with Crippen molar-refractivity contribution in [2.75, 3.05) is 18.0 Å². The zero-order chi connectivity index (χ0) is 22.0. The summed E-state index contributed by atoms with van der Waals surface area (Å²) in [5.74, 6) is 0. The average molecular weight is 444 g/mol. The van der Waals surface area contributed by atoms with E-state index in [4.69, 9.17) is 0 Å². The Kier molecular flexibility index (Phi) is 6.29. The number of para-hydroxylation sites is 1. The summed E-state index contributed by atoms with van der Waals surface area (Å²) >= 11 is 0. The number of hydrogen-bond acceptors (Lipinski definition) is 5. The van der Waals surface area contributed by atoms with E-state index in [9.17, 15) is 18.5 Å². The molecule has 0 bridgehead atoms. The van der Waals surface area contributed by atoms with Gasteiger partial charge in [-0.15, -0.1) is 0 Å². The normalized spacial score (nSPS) is 17.2. The van der Waals surface area contributed by atoms with Gasteiger partial charge in [0.05, 0.1) is 4.92 Å². The Morgan fingerprint density at radius 3 is 2.58 bits per heavy atom. The Labute approximate surface area is 183 Å². The lowest BCUT2D eigenvalue weighted by Gasteiger charge is -2.32. The van der Waals surface area contributed by atoms with Gasteiger partial charge in [-0.25, -0.2) is 8.42 Å². The number of nitrogens with zero attached hydrogens (tertiary/aromatic N) is 3. The smallest absolute Gasteiger partial charge is 0.289 e. The monoisotopic (exact) mass is 443 g/mol. The van der Waals surface area contributed by atoms with Crippen molar-refractivity contribution in [3.8, 4) is 0 Å². The number of nitro groups is 1. The van der Waals surface area contributed by atoms with Gasteiger partial charge in [-0.3, -0.25) is 10.1 Å². The van der Waals surface area contributed by atoms with Crippen molar-refractivity contribution >= 4 is 21.4 Å². The maximum absolute atomic E-state index is 13.6. The molecule has 1 aliphatic carbocycles. The Morgan fingerprint density at radius 2 is 1.87 bits per heavy atom. The van der Waals surface area contributed by atoms with Gasteiger partial charge in [-0.05, 0) is 55.9 Å². The van der Waals surface area contributed by atoms with Crippen LogP contribution in [0.2, 0.25) is 0 Å². The third-order valence-corrected chi connectivity index (χ3v) is 8.41. The molecule has 1 saturated carbocycles. The van der Waals surface area contributed by atoms with Gasteiger partial charge < -0.3 is 4.90 Å². The fourth-order valence-electron chi connectivity index (χ4n) is 4.89. The van der Waals surface area contributed by atoms with Crippen LogP contribution in [-0.2, 0) is 23.0 Å². The van der Waals surface area contributed by atoms with Gasteiger partial charge in [-0.2, -0.15) is 4.31 Å². The van der Waals surface area contributed by atoms with Crippen LogP contribution in [0.1, 0.15) is 50.2 Å². The first-order chi connectivity index (χ1) is 14.9. The predicted octanol–water partition coefficient (Wildman–Crippen LogP) is 4.50. The summed E-state index contributed by atoms with van der Waals surface area (Å²) in [7, 11) is -4.01. The first-order valence-corrected chi connectivity index (χ1v) is 12.5. The summed E-state index contributed by atoms with van der Waals surface area (Å²) in [6.45, 7) is 4.37. The summed E-state index contributed by atoms with van der Waals surface area (Å²) in [5.41, 5.74) is 3.05. The van der Waals surface area contributed by atoms with Crippen molar-refractivity contribution in [2.45, 2.75) is 62.9 Å². The van der Waals surface area contributed by atoms with Crippen LogP contribution in [0.15, 0.2) is 47.4 Å². The molecule has 2 aromatic rings. The van der Waals surface area contributed by atoms with Gasteiger partial charge in [0.1, 0.15) is 0 Å². The molecule has 0 spiro atoms. The zero-order valence-corrected chi connectivity index (χ0v) is 18.7. The molecule has 31 heavy (non-hydrogen) atoms. The molecule has 0 saturated heterocycles. The molecule has 1 heterocycles. The van der Waals surface area contributed by atoms with Crippen LogP contribution in [0.3, 0.4) is 0 Å². The van der Waals surface area contributed by atoms with Gasteiger partial charge in [-0.1, -0.05) is 37.1 Å². The minimum Gasteiger partial charge on any atom is -0.372 e. The molecule has 0 aromatic heterocycles. The fraction of sp³-hybridized carbons (Fsp3) is 0.478. The van der Waals surface area contributed by atoms with E-state index < -0.39 is 14.9 Å². The third kappa shape index (κ3) is 4.32. The third-order valence-electron chi connectivity index (χ3n) is 6.46. The van der Waals surface area contributed by atoms with Gasteiger partial charge in [0.25, 0.3) is 5.69 Å². The number of hydrogen-bond donors (Lipinski definition) is 0. The number of aryl methyl sites for hydroxylation is 1. The highest BCUT2D eigenvalue weighted by molar-refractivity contribution is 7.89. The second kappa shape index (κ2) is 8.96. The molecular weight excluding hydrogens is 414 g/mol. The predicted molar refractivity (Wildman–Crippen MR) is 121 cm³/mol. The standard InChI is InChI=1S/C23H29N3O4S/c1-2-24-15-7-8-19-16-18(13-14-21(19)24)17-25(20-9-3-4-10-20)31(29,30)23-12-6-5-11-22(23)26(27)28/h5-6,11-14,16,20H,2-4,7-10,15,17H2,1H3. The number of anilines is 1. The molecule has 0 unspecified atom stereocenters. The van der Waals surface area contributed by atoms with Crippen LogP contribution in [0.25, 0.3) is 0 Å². The Morgan fingerprint density at radius 1 is 1.13 bits per heavy atom. The van der Waals surface area contributed by atoms with Crippen LogP contribution >= 0.6 is 0 Å². The number of nitro benzene ring substituents is 1. The molecule has 0 radical (unpaired) electrons.